The third-order valence-electron chi connectivity index (χ3n) is 3.72. The van der Waals surface area contributed by atoms with Crippen molar-refractivity contribution in [1.29, 1.82) is 0 Å². The van der Waals surface area contributed by atoms with Gasteiger partial charge < -0.3 is 24.5 Å². The van der Waals surface area contributed by atoms with Crippen molar-refractivity contribution >= 4 is 6.03 Å². The van der Waals surface area contributed by atoms with Crippen LogP contribution in [0.2, 0.25) is 0 Å². The van der Waals surface area contributed by atoms with Gasteiger partial charge in [0.25, 0.3) is 0 Å². The molecule has 2 N–H and O–H groups in total. The van der Waals surface area contributed by atoms with E-state index < -0.39 is 6.10 Å². The number of nitrogens with zero attached hydrogens (tertiary/aromatic N) is 1. The van der Waals surface area contributed by atoms with Crippen molar-refractivity contribution in [3.05, 3.63) is 24.2 Å². The second kappa shape index (κ2) is 6.76. The van der Waals surface area contributed by atoms with E-state index in [9.17, 15) is 9.90 Å². The number of likely N-dealkylation sites (tertiary alicyclic amines) is 1. The molecule has 0 bridgehead atoms. The van der Waals surface area contributed by atoms with E-state index in [1.54, 1.807) is 30.4 Å². The van der Waals surface area contributed by atoms with Gasteiger partial charge in [0.1, 0.15) is 11.8 Å². The second-order valence-electron chi connectivity index (χ2n) is 5.25. The van der Waals surface area contributed by atoms with Crippen molar-refractivity contribution in [3.8, 4) is 0 Å². The molecule has 1 saturated heterocycles. The van der Waals surface area contributed by atoms with Gasteiger partial charge in [0.2, 0.25) is 0 Å². The van der Waals surface area contributed by atoms with Crippen LogP contribution in [0.25, 0.3) is 0 Å². The molecule has 0 saturated carbocycles. The highest BCUT2D eigenvalue weighted by atomic mass is 16.5. The number of ether oxygens (including phenoxy) is 1. The van der Waals surface area contributed by atoms with Gasteiger partial charge in [-0.1, -0.05) is 6.92 Å². The first kappa shape index (κ1) is 14.9. The third-order valence-corrected chi connectivity index (χ3v) is 3.72. The fourth-order valence-corrected chi connectivity index (χ4v) is 2.32. The van der Waals surface area contributed by atoms with Crippen LogP contribution >= 0.6 is 0 Å². The van der Waals surface area contributed by atoms with Gasteiger partial charge in [0, 0.05) is 20.2 Å². The maximum absolute atomic E-state index is 12.2. The van der Waals surface area contributed by atoms with Crippen LogP contribution in [0.5, 0.6) is 0 Å². The van der Waals surface area contributed by atoms with Gasteiger partial charge in [-0.05, 0) is 24.5 Å². The molecule has 0 spiro atoms. The Labute approximate surface area is 118 Å². The van der Waals surface area contributed by atoms with Gasteiger partial charge in [-0.3, -0.25) is 0 Å². The summed E-state index contributed by atoms with van der Waals surface area (Å²) in [5, 5.41) is 12.7. The molecule has 1 aromatic heterocycles. The summed E-state index contributed by atoms with van der Waals surface area (Å²) in [6.45, 7) is 3.36. The van der Waals surface area contributed by atoms with Gasteiger partial charge in [0.05, 0.1) is 19.0 Å². The molecule has 2 heterocycles. The van der Waals surface area contributed by atoms with E-state index in [1.807, 2.05) is 6.92 Å². The Morgan fingerprint density at radius 3 is 3.10 bits per heavy atom. The zero-order chi connectivity index (χ0) is 14.5. The Balaban J connectivity index is 1.95. The first-order chi connectivity index (χ1) is 9.61. The molecule has 0 aromatic carbocycles. The Kier molecular flexibility index (Phi) is 5.03. The maximum atomic E-state index is 12.2. The van der Waals surface area contributed by atoms with E-state index >= 15 is 0 Å². The monoisotopic (exact) mass is 282 g/mol. The summed E-state index contributed by atoms with van der Waals surface area (Å²) in [6.07, 6.45) is 1.92. The number of rotatable bonds is 4. The lowest BCUT2D eigenvalue weighted by atomic mass is 9.96. The number of hydrogen-bond acceptors (Lipinski definition) is 4. The predicted octanol–water partition coefficient (Wildman–Crippen LogP) is 1.38. The summed E-state index contributed by atoms with van der Waals surface area (Å²) in [4.78, 5) is 13.9. The minimum atomic E-state index is -0.459. The molecule has 1 aliphatic heterocycles. The van der Waals surface area contributed by atoms with E-state index in [0.717, 1.165) is 6.42 Å². The van der Waals surface area contributed by atoms with Gasteiger partial charge in [0.15, 0.2) is 0 Å². The number of furan rings is 1. The van der Waals surface area contributed by atoms with Crippen molar-refractivity contribution < 1.29 is 19.1 Å². The molecule has 1 aromatic rings. The lowest BCUT2D eigenvalue weighted by molar-refractivity contribution is 0.0418. The standard InChI is InChI=1S/C14H22N2O4/c1-10-5-6-16(8-12(10)17)14(18)15-11(9-19-2)13-4-3-7-20-13/h3-4,7,10-12,17H,5-6,8-9H2,1-2H3,(H,15,18). The van der Waals surface area contributed by atoms with Crippen LogP contribution < -0.4 is 5.32 Å². The smallest absolute Gasteiger partial charge is 0.318 e. The largest absolute Gasteiger partial charge is 0.467 e. The molecule has 2 rings (SSSR count). The average molecular weight is 282 g/mol. The van der Waals surface area contributed by atoms with Gasteiger partial charge in [-0.2, -0.15) is 0 Å². The number of carbonyl (C=O) groups is 1. The number of carbonyl (C=O) groups excluding carboxylic acids is 1. The average Bonchev–Trinajstić information content (AvgIpc) is 2.95. The van der Waals surface area contributed by atoms with E-state index in [0.29, 0.717) is 25.5 Å². The molecule has 1 fully saturated rings. The number of aliphatic hydroxyl groups excluding tert-OH is 1. The molecular formula is C14H22N2O4. The number of hydrogen-bond donors (Lipinski definition) is 2. The highest BCUT2D eigenvalue weighted by Gasteiger charge is 2.29. The van der Waals surface area contributed by atoms with Gasteiger partial charge in [-0.15, -0.1) is 0 Å². The first-order valence-corrected chi connectivity index (χ1v) is 6.87. The summed E-state index contributed by atoms with van der Waals surface area (Å²) < 4.78 is 10.4. The fraction of sp³-hybridized carbons (Fsp3) is 0.643. The topological polar surface area (TPSA) is 74.9 Å². The zero-order valence-corrected chi connectivity index (χ0v) is 11.9. The molecule has 6 nitrogen and oxygen atoms in total. The second-order valence-corrected chi connectivity index (χ2v) is 5.25. The number of urea groups is 1. The first-order valence-electron chi connectivity index (χ1n) is 6.87. The number of methoxy groups -OCH3 is 1. The summed E-state index contributed by atoms with van der Waals surface area (Å²) in [7, 11) is 1.58. The van der Waals surface area contributed by atoms with Crippen molar-refractivity contribution in [3.63, 3.8) is 0 Å². The molecule has 112 valence electrons. The molecule has 0 aliphatic carbocycles. The van der Waals surface area contributed by atoms with Crippen LogP contribution in [-0.2, 0) is 4.74 Å². The van der Waals surface area contributed by atoms with Gasteiger partial charge >= 0.3 is 6.03 Å². The van der Waals surface area contributed by atoms with Crippen LogP contribution in [0, 0.1) is 5.92 Å². The van der Waals surface area contributed by atoms with E-state index in [4.69, 9.17) is 9.15 Å². The minimum Gasteiger partial charge on any atom is -0.467 e. The van der Waals surface area contributed by atoms with Crippen LogP contribution in [0.4, 0.5) is 4.79 Å². The number of amides is 2. The lowest BCUT2D eigenvalue weighted by Gasteiger charge is -2.35. The zero-order valence-electron chi connectivity index (χ0n) is 11.9. The van der Waals surface area contributed by atoms with E-state index in [-0.39, 0.29) is 18.0 Å². The summed E-state index contributed by atoms with van der Waals surface area (Å²) >= 11 is 0. The minimum absolute atomic E-state index is 0.200. The van der Waals surface area contributed by atoms with Crippen molar-refractivity contribution in [2.75, 3.05) is 26.8 Å². The highest BCUT2D eigenvalue weighted by Crippen LogP contribution is 2.19. The Morgan fingerprint density at radius 2 is 2.50 bits per heavy atom. The lowest BCUT2D eigenvalue weighted by Crippen LogP contribution is -2.50. The summed E-state index contributed by atoms with van der Waals surface area (Å²) in [6, 6.07) is 3.06. The van der Waals surface area contributed by atoms with E-state index in [2.05, 4.69) is 5.32 Å². The Bertz CT molecular complexity index is 421. The predicted molar refractivity (Wildman–Crippen MR) is 73.2 cm³/mol. The molecule has 3 atom stereocenters. The highest BCUT2D eigenvalue weighted by molar-refractivity contribution is 5.74. The molecule has 3 unspecified atom stereocenters. The van der Waals surface area contributed by atoms with Crippen molar-refractivity contribution in [2.45, 2.75) is 25.5 Å². The van der Waals surface area contributed by atoms with Crippen LogP contribution in [0.15, 0.2) is 22.8 Å². The quantitative estimate of drug-likeness (QED) is 0.875. The number of β-amino-alcohol motifs (C(OH)–C–C–N with tert-alkyl or cyclic N) is 1. The fourth-order valence-electron chi connectivity index (χ4n) is 2.32. The van der Waals surface area contributed by atoms with Crippen molar-refractivity contribution in [2.24, 2.45) is 5.92 Å². The molecule has 1 aliphatic rings. The maximum Gasteiger partial charge on any atom is 0.318 e. The Morgan fingerprint density at radius 1 is 1.70 bits per heavy atom. The molecule has 0 radical (unpaired) electrons. The number of aliphatic hydroxyl groups is 1. The van der Waals surface area contributed by atoms with Crippen molar-refractivity contribution in [1.82, 2.24) is 10.2 Å². The molecule has 6 heteroatoms. The number of nitrogens with one attached hydrogen (secondary N) is 1. The molecule has 2 amide bonds. The van der Waals surface area contributed by atoms with Gasteiger partial charge in [-0.25, -0.2) is 4.79 Å². The summed E-state index contributed by atoms with van der Waals surface area (Å²) in [5.41, 5.74) is 0. The molecular weight excluding hydrogens is 260 g/mol. The van der Waals surface area contributed by atoms with Crippen LogP contribution in [0.1, 0.15) is 25.1 Å². The van der Waals surface area contributed by atoms with Crippen LogP contribution in [0.3, 0.4) is 0 Å². The molecule has 20 heavy (non-hydrogen) atoms. The SMILES string of the molecule is COCC(NC(=O)N1CCC(C)C(O)C1)c1ccco1. The third kappa shape index (κ3) is 3.52. The van der Waals surface area contributed by atoms with Crippen LogP contribution in [-0.4, -0.2) is 48.9 Å². The normalized spacial score (nSPS) is 24.4. The Hall–Kier alpha value is -1.53. The number of piperidine rings is 1. The summed E-state index contributed by atoms with van der Waals surface area (Å²) in [5.74, 6) is 0.894. The van der Waals surface area contributed by atoms with E-state index in [1.165, 1.54) is 0 Å².